The van der Waals surface area contributed by atoms with Gasteiger partial charge >= 0.3 is 5.97 Å². The molecule has 5 nitrogen and oxygen atoms in total. The summed E-state index contributed by atoms with van der Waals surface area (Å²) < 4.78 is 0. The average Bonchev–Trinajstić information content (AvgIpc) is 1.99. The minimum Gasteiger partial charge on any atom is -0.506 e. The highest BCUT2D eigenvalue weighted by Gasteiger charge is 2.17. The van der Waals surface area contributed by atoms with Crippen molar-refractivity contribution in [3.8, 4) is 5.75 Å². The first-order valence-electron chi connectivity index (χ1n) is 3.61. The third-order valence-electron chi connectivity index (χ3n) is 1.90. The lowest BCUT2D eigenvalue weighted by Crippen LogP contribution is -2.19. The van der Waals surface area contributed by atoms with Crippen molar-refractivity contribution in [2.45, 2.75) is 13.8 Å². The maximum Gasteiger partial charge on any atom is 0.345 e. The lowest BCUT2D eigenvalue weighted by atomic mass is 10.1. The fourth-order valence-electron chi connectivity index (χ4n) is 0.998. The first-order valence-corrected chi connectivity index (χ1v) is 3.61. The summed E-state index contributed by atoms with van der Waals surface area (Å²) in [5, 5.41) is 17.9. The number of H-pyrrole nitrogens is 1. The van der Waals surface area contributed by atoms with E-state index in [0.717, 1.165) is 0 Å². The number of rotatable bonds is 1. The van der Waals surface area contributed by atoms with Gasteiger partial charge in [-0.25, -0.2) is 4.79 Å². The summed E-state index contributed by atoms with van der Waals surface area (Å²) >= 11 is 0. The van der Waals surface area contributed by atoms with Crippen LogP contribution in [0.15, 0.2) is 4.79 Å². The van der Waals surface area contributed by atoms with Gasteiger partial charge in [0.1, 0.15) is 5.75 Å². The third kappa shape index (κ3) is 1.40. The molecule has 70 valence electrons. The van der Waals surface area contributed by atoms with Crippen LogP contribution in [0, 0.1) is 13.8 Å². The van der Waals surface area contributed by atoms with Gasteiger partial charge in [-0.05, 0) is 13.8 Å². The maximum absolute atomic E-state index is 11.1. The van der Waals surface area contributed by atoms with Gasteiger partial charge in [-0.1, -0.05) is 0 Å². The summed E-state index contributed by atoms with van der Waals surface area (Å²) in [5.74, 6) is -1.89. The number of carboxylic acid groups (broad SMARTS) is 1. The molecule has 0 saturated heterocycles. The van der Waals surface area contributed by atoms with Crippen LogP contribution in [0.2, 0.25) is 0 Å². The number of aromatic hydroxyl groups is 1. The lowest BCUT2D eigenvalue weighted by Gasteiger charge is -2.04. The Morgan fingerprint density at radius 1 is 1.38 bits per heavy atom. The topological polar surface area (TPSA) is 90.4 Å². The quantitative estimate of drug-likeness (QED) is 0.587. The lowest BCUT2D eigenvalue weighted by molar-refractivity contribution is 0.0691. The van der Waals surface area contributed by atoms with Crippen molar-refractivity contribution in [2.24, 2.45) is 0 Å². The monoisotopic (exact) mass is 183 g/mol. The molecule has 5 heteroatoms. The van der Waals surface area contributed by atoms with Gasteiger partial charge in [0.25, 0.3) is 5.56 Å². The van der Waals surface area contributed by atoms with Gasteiger partial charge in [0.05, 0.1) is 0 Å². The Balaban J connectivity index is 3.63. The Bertz CT molecular complexity index is 419. The fraction of sp³-hybridized carbons (Fsp3) is 0.250. The van der Waals surface area contributed by atoms with Crippen molar-refractivity contribution >= 4 is 5.97 Å². The molecule has 0 saturated carbocycles. The molecule has 1 aromatic heterocycles. The third-order valence-corrected chi connectivity index (χ3v) is 1.90. The number of hydrogen-bond acceptors (Lipinski definition) is 3. The predicted molar refractivity (Wildman–Crippen MR) is 45.2 cm³/mol. The van der Waals surface area contributed by atoms with E-state index in [-0.39, 0.29) is 0 Å². The first kappa shape index (κ1) is 9.31. The number of carbonyl (C=O) groups is 1. The minimum absolute atomic E-state index is 0.372. The van der Waals surface area contributed by atoms with Crippen molar-refractivity contribution in [1.29, 1.82) is 0 Å². The SMILES string of the molecule is Cc1[nH]c(=O)c(C(=O)O)c(O)c1C. The molecule has 0 aliphatic heterocycles. The molecule has 0 aromatic carbocycles. The number of nitrogens with one attached hydrogen (secondary N) is 1. The molecule has 13 heavy (non-hydrogen) atoms. The second-order valence-electron chi connectivity index (χ2n) is 2.73. The summed E-state index contributed by atoms with van der Waals surface area (Å²) in [4.78, 5) is 23.9. The van der Waals surface area contributed by atoms with Crippen LogP contribution in [0.1, 0.15) is 21.6 Å². The van der Waals surface area contributed by atoms with E-state index in [9.17, 15) is 14.7 Å². The van der Waals surface area contributed by atoms with E-state index in [0.29, 0.717) is 11.3 Å². The summed E-state index contributed by atoms with van der Waals surface area (Å²) in [6.45, 7) is 3.12. The van der Waals surface area contributed by atoms with Crippen LogP contribution < -0.4 is 5.56 Å². The van der Waals surface area contributed by atoms with Crippen LogP contribution in [-0.4, -0.2) is 21.2 Å². The smallest absolute Gasteiger partial charge is 0.345 e. The van der Waals surface area contributed by atoms with E-state index in [1.54, 1.807) is 6.92 Å². The van der Waals surface area contributed by atoms with Crippen molar-refractivity contribution in [3.05, 3.63) is 27.2 Å². The zero-order valence-corrected chi connectivity index (χ0v) is 7.21. The number of aromatic amines is 1. The predicted octanol–water partition coefficient (Wildman–Crippen LogP) is 0.396. The Labute approximate surface area is 73.7 Å². The Hall–Kier alpha value is -1.78. The van der Waals surface area contributed by atoms with Gasteiger partial charge in [0, 0.05) is 11.3 Å². The molecular formula is C8H9NO4. The van der Waals surface area contributed by atoms with E-state index in [2.05, 4.69) is 4.98 Å². The number of aromatic carboxylic acids is 1. The number of aromatic nitrogens is 1. The molecule has 0 amide bonds. The summed E-state index contributed by atoms with van der Waals surface area (Å²) in [5.41, 5.74) is -0.555. The van der Waals surface area contributed by atoms with E-state index in [4.69, 9.17) is 5.11 Å². The fourth-order valence-corrected chi connectivity index (χ4v) is 0.998. The van der Waals surface area contributed by atoms with E-state index >= 15 is 0 Å². The zero-order valence-electron chi connectivity index (χ0n) is 7.21. The Morgan fingerprint density at radius 3 is 2.38 bits per heavy atom. The van der Waals surface area contributed by atoms with Gasteiger partial charge in [-0.3, -0.25) is 4.79 Å². The van der Waals surface area contributed by atoms with Crippen LogP contribution in [0.3, 0.4) is 0 Å². The van der Waals surface area contributed by atoms with Crippen molar-refractivity contribution in [3.63, 3.8) is 0 Å². The number of pyridine rings is 1. The highest BCUT2D eigenvalue weighted by atomic mass is 16.4. The van der Waals surface area contributed by atoms with E-state index in [1.807, 2.05) is 0 Å². The highest BCUT2D eigenvalue weighted by molar-refractivity contribution is 5.90. The van der Waals surface area contributed by atoms with Crippen LogP contribution in [0.4, 0.5) is 0 Å². The van der Waals surface area contributed by atoms with Crippen LogP contribution in [-0.2, 0) is 0 Å². The van der Waals surface area contributed by atoms with Gasteiger partial charge in [-0.2, -0.15) is 0 Å². The summed E-state index contributed by atoms with van der Waals surface area (Å²) in [6.07, 6.45) is 0. The molecule has 0 radical (unpaired) electrons. The molecule has 3 N–H and O–H groups in total. The summed E-state index contributed by atoms with van der Waals surface area (Å²) in [6, 6.07) is 0. The van der Waals surface area contributed by atoms with Gasteiger partial charge in [-0.15, -0.1) is 0 Å². The van der Waals surface area contributed by atoms with Crippen molar-refractivity contribution in [1.82, 2.24) is 4.98 Å². The highest BCUT2D eigenvalue weighted by Crippen LogP contribution is 2.19. The molecule has 0 fully saturated rings. The molecule has 0 unspecified atom stereocenters. The molecule has 0 atom stereocenters. The van der Waals surface area contributed by atoms with Gasteiger partial charge in [0.2, 0.25) is 0 Å². The van der Waals surface area contributed by atoms with Crippen molar-refractivity contribution in [2.75, 3.05) is 0 Å². The normalized spacial score (nSPS) is 10.0. The zero-order chi connectivity index (χ0) is 10.2. The van der Waals surface area contributed by atoms with Gasteiger partial charge in [0.15, 0.2) is 5.56 Å². The molecule has 0 bridgehead atoms. The summed E-state index contributed by atoms with van der Waals surface area (Å²) in [7, 11) is 0. The molecule has 0 aliphatic rings. The first-order chi connectivity index (χ1) is 5.95. The molecule has 0 spiro atoms. The Kier molecular flexibility index (Phi) is 2.10. The number of hydrogen-bond donors (Lipinski definition) is 3. The molecule has 1 rings (SSSR count). The standard InChI is InChI=1S/C8H9NO4/c1-3-4(2)9-7(11)5(6(3)10)8(12)13/h1-2H3,(H,12,13)(H2,9,10,11). The molecule has 1 aromatic rings. The van der Waals surface area contributed by atoms with Crippen LogP contribution >= 0.6 is 0 Å². The molecule has 1 heterocycles. The van der Waals surface area contributed by atoms with E-state index in [1.165, 1.54) is 6.92 Å². The number of aryl methyl sites for hydroxylation is 1. The minimum atomic E-state index is -1.43. The molecule has 0 aliphatic carbocycles. The van der Waals surface area contributed by atoms with Crippen molar-refractivity contribution < 1.29 is 15.0 Å². The molecular weight excluding hydrogens is 174 g/mol. The second-order valence-corrected chi connectivity index (χ2v) is 2.73. The largest absolute Gasteiger partial charge is 0.506 e. The Morgan fingerprint density at radius 2 is 1.92 bits per heavy atom. The number of carboxylic acids is 1. The van der Waals surface area contributed by atoms with Crippen LogP contribution in [0.5, 0.6) is 5.75 Å². The second kappa shape index (κ2) is 2.93. The maximum atomic E-state index is 11.1. The van der Waals surface area contributed by atoms with Gasteiger partial charge < -0.3 is 15.2 Å². The average molecular weight is 183 g/mol. The van der Waals surface area contributed by atoms with Crippen LogP contribution in [0.25, 0.3) is 0 Å². The van der Waals surface area contributed by atoms with E-state index < -0.39 is 22.8 Å².